The summed E-state index contributed by atoms with van der Waals surface area (Å²) in [5.41, 5.74) is 8.93. The number of hydrogen-bond donors (Lipinski definition) is 3. The Balaban J connectivity index is 1.68. The molecule has 0 fully saturated rings. The molecule has 2 aromatic rings. The van der Waals surface area contributed by atoms with E-state index in [1.54, 1.807) is 0 Å². The monoisotopic (exact) mass is 285 g/mol. The van der Waals surface area contributed by atoms with Crippen molar-refractivity contribution in [1.82, 2.24) is 10.6 Å². The van der Waals surface area contributed by atoms with Crippen LogP contribution in [0, 0.1) is 0 Å². The van der Waals surface area contributed by atoms with Crippen molar-refractivity contribution in [2.45, 2.75) is 13.0 Å². The van der Waals surface area contributed by atoms with E-state index < -0.39 is 0 Å². The maximum Gasteiger partial charge on any atom is 0.166 e. The van der Waals surface area contributed by atoms with Gasteiger partial charge in [-0.1, -0.05) is 42.5 Å². The lowest BCUT2D eigenvalue weighted by Gasteiger charge is -2.11. The molecule has 0 aliphatic carbocycles. The molecule has 0 heterocycles. The molecule has 0 aliphatic heterocycles. The Morgan fingerprint density at radius 3 is 2.45 bits per heavy atom. The first-order valence-electron chi connectivity index (χ1n) is 6.64. The second-order valence-electron chi connectivity index (χ2n) is 4.59. The van der Waals surface area contributed by atoms with Crippen molar-refractivity contribution in [3.8, 4) is 0 Å². The van der Waals surface area contributed by atoms with E-state index in [-0.39, 0.29) is 0 Å². The summed E-state index contributed by atoms with van der Waals surface area (Å²) in [5.74, 6) is 0. The van der Waals surface area contributed by atoms with E-state index in [1.807, 2.05) is 42.5 Å². The van der Waals surface area contributed by atoms with Gasteiger partial charge in [-0.05, 0) is 41.9 Å². The minimum atomic E-state index is 0.670. The zero-order valence-corrected chi connectivity index (χ0v) is 12.1. The highest BCUT2D eigenvalue weighted by Crippen LogP contribution is 2.05. The van der Waals surface area contributed by atoms with Crippen LogP contribution in [-0.2, 0) is 13.0 Å². The Labute approximate surface area is 125 Å². The summed E-state index contributed by atoms with van der Waals surface area (Å²) in [4.78, 5) is 0. The maximum atomic E-state index is 5.73. The second-order valence-corrected chi connectivity index (χ2v) is 5.00. The van der Waals surface area contributed by atoms with Crippen LogP contribution in [0.15, 0.2) is 54.6 Å². The van der Waals surface area contributed by atoms with Crippen molar-refractivity contribution in [2.24, 2.45) is 0 Å². The summed E-state index contributed by atoms with van der Waals surface area (Å²) in [7, 11) is 0. The number of thiocarbonyl (C=S) groups is 1. The van der Waals surface area contributed by atoms with Crippen molar-refractivity contribution in [1.29, 1.82) is 0 Å². The topological polar surface area (TPSA) is 50.1 Å². The fourth-order valence-corrected chi connectivity index (χ4v) is 2.09. The van der Waals surface area contributed by atoms with E-state index in [4.69, 9.17) is 18.0 Å². The van der Waals surface area contributed by atoms with Gasteiger partial charge in [0.25, 0.3) is 0 Å². The van der Waals surface area contributed by atoms with Gasteiger partial charge in [0.1, 0.15) is 0 Å². The zero-order chi connectivity index (χ0) is 14.2. The summed E-state index contributed by atoms with van der Waals surface area (Å²) >= 11 is 5.25. The number of nitrogens with two attached hydrogens (primary N) is 1. The van der Waals surface area contributed by atoms with Crippen LogP contribution in [0.25, 0.3) is 0 Å². The number of anilines is 1. The van der Waals surface area contributed by atoms with Gasteiger partial charge in [0.2, 0.25) is 0 Å². The summed E-state index contributed by atoms with van der Waals surface area (Å²) in [5, 5.41) is 7.05. The maximum absolute atomic E-state index is 5.73. The second kappa shape index (κ2) is 7.50. The van der Waals surface area contributed by atoms with E-state index >= 15 is 0 Å². The molecule has 0 unspecified atom stereocenters. The van der Waals surface area contributed by atoms with Crippen LogP contribution >= 0.6 is 12.2 Å². The third-order valence-electron chi connectivity index (χ3n) is 2.95. The van der Waals surface area contributed by atoms with Gasteiger partial charge in [0, 0.05) is 18.8 Å². The number of benzene rings is 2. The largest absolute Gasteiger partial charge is 0.399 e. The quantitative estimate of drug-likeness (QED) is 0.583. The molecule has 0 saturated carbocycles. The predicted octanol–water partition coefficient (Wildman–Crippen LogP) is 2.48. The first kappa shape index (κ1) is 14.3. The molecule has 104 valence electrons. The van der Waals surface area contributed by atoms with Crippen LogP contribution in [0.5, 0.6) is 0 Å². The van der Waals surface area contributed by atoms with Crippen LogP contribution in [0.1, 0.15) is 11.1 Å². The molecule has 3 nitrogen and oxygen atoms in total. The minimum absolute atomic E-state index is 0.670. The lowest BCUT2D eigenvalue weighted by molar-refractivity contribution is 0.815. The van der Waals surface area contributed by atoms with Crippen LogP contribution in [-0.4, -0.2) is 11.7 Å². The lowest BCUT2D eigenvalue weighted by atomic mass is 10.1. The average Bonchev–Trinajstić information content (AvgIpc) is 2.46. The van der Waals surface area contributed by atoms with Crippen LogP contribution < -0.4 is 16.4 Å². The lowest BCUT2D eigenvalue weighted by Crippen LogP contribution is -2.35. The Morgan fingerprint density at radius 2 is 1.70 bits per heavy atom. The van der Waals surface area contributed by atoms with E-state index in [0.717, 1.165) is 24.2 Å². The highest BCUT2D eigenvalue weighted by Gasteiger charge is 1.97. The molecule has 0 atom stereocenters. The fourth-order valence-electron chi connectivity index (χ4n) is 1.91. The standard InChI is InChI=1S/C16H19N3S/c17-15-8-4-7-14(11-15)12-19-16(20)18-10-9-13-5-2-1-3-6-13/h1-8,11H,9-10,12,17H2,(H2,18,19,20). The minimum Gasteiger partial charge on any atom is -0.399 e. The molecule has 0 saturated heterocycles. The highest BCUT2D eigenvalue weighted by atomic mass is 32.1. The normalized spacial score (nSPS) is 10.0. The van der Waals surface area contributed by atoms with Gasteiger partial charge in [-0.15, -0.1) is 0 Å². The molecule has 0 aliphatic rings. The summed E-state index contributed by atoms with van der Waals surface area (Å²) in [6.07, 6.45) is 0.959. The van der Waals surface area contributed by atoms with Crippen LogP contribution in [0.4, 0.5) is 5.69 Å². The first-order chi connectivity index (χ1) is 9.74. The van der Waals surface area contributed by atoms with Crippen molar-refractivity contribution in [3.05, 3.63) is 65.7 Å². The smallest absolute Gasteiger partial charge is 0.166 e. The van der Waals surface area contributed by atoms with Gasteiger partial charge in [0.05, 0.1) is 0 Å². The SMILES string of the molecule is Nc1cccc(CNC(=S)NCCc2ccccc2)c1. The fraction of sp³-hybridized carbons (Fsp3) is 0.188. The van der Waals surface area contributed by atoms with Crippen molar-refractivity contribution < 1.29 is 0 Å². The number of rotatable bonds is 5. The number of nitrogens with one attached hydrogen (secondary N) is 2. The third-order valence-corrected chi connectivity index (χ3v) is 3.23. The summed E-state index contributed by atoms with van der Waals surface area (Å²) < 4.78 is 0. The number of hydrogen-bond acceptors (Lipinski definition) is 2. The summed E-state index contributed by atoms with van der Waals surface area (Å²) in [6.45, 7) is 1.51. The van der Waals surface area contributed by atoms with Gasteiger partial charge >= 0.3 is 0 Å². The predicted molar refractivity (Wildman–Crippen MR) is 88.4 cm³/mol. The van der Waals surface area contributed by atoms with Crippen molar-refractivity contribution in [3.63, 3.8) is 0 Å². The average molecular weight is 285 g/mol. The molecule has 2 aromatic carbocycles. The van der Waals surface area contributed by atoms with E-state index in [0.29, 0.717) is 11.7 Å². The third kappa shape index (κ3) is 4.90. The van der Waals surface area contributed by atoms with E-state index in [2.05, 4.69) is 22.8 Å². The van der Waals surface area contributed by atoms with Gasteiger partial charge < -0.3 is 16.4 Å². The Hall–Kier alpha value is -2.07. The first-order valence-corrected chi connectivity index (χ1v) is 7.05. The molecule has 2 rings (SSSR count). The molecule has 0 spiro atoms. The zero-order valence-electron chi connectivity index (χ0n) is 11.3. The van der Waals surface area contributed by atoms with Gasteiger partial charge in [-0.2, -0.15) is 0 Å². The van der Waals surface area contributed by atoms with Gasteiger partial charge in [-0.3, -0.25) is 0 Å². The van der Waals surface area contributed by atoms with Crippen molar-refractivity contribution in [2.75, 3.05) is 12.3 Å². The molecule has 0 aromatic heterocycles. The number of nitrogen functional groups attached to an aromatic ring is 1. The molecular weight excluding hydrogens is 266 g/mol. The molecule has 0 radical (unpaired) electrons. The van der Waals surface area contributed by atoms with Crippen LogP contribution in [0.2, 0.25) is 0 Å². The molecule has 4 heteroatoms. The highest BCUT2D eigenvalue weighted by molar-refractivity contribution is 7.80. The molecule has 4 N–H and O–H groups in total. The van der Waals surface area contributed by atoms with E-state index in [1.165, 1.54) is 5.56 Å². The van der Waals surface area contributed by atoms with Crippen molar-refractivity contribution >= 4 is 23.0 Å². The Kier molecular flexibility index (Phi) is 5.38. The summed E-state index contributed by atoms with van der Waals surface area (Å²) in [6, 6.07) is 18.1. The molecule has 20 heavy (non-hydrogen) atoms. The Morgan fingerprint density at radius 1 is 0.950 bits per heavy atom. The molecular formula is C16H19N3S. The van der Waals surface area contributed by atoms with Crippen LogP contribution in [0.3, 0.4) is 0 Å². The van der Waals surface area contributed by atoms with Gasteiger partial charge in [-0.25, -0.2) is 0 Å². The van der Waals surface area contributed by atoms with E-state index in [9.17, 15) is 0 Å². The molecule has 0 amide bonds. The molecule has 0 bridgehead atoms. The Bertz CT molecular complexity index is 555. The van der Waals surface area contributed by atoms with Gasteiger partial charge in [0.15, 0.2) is 5.11 Å².